The minimum Gasteiger partial charge on any atom is -0.497 e. The Labute approximate surface area is 209 Å². The molecule has 0 fully saturated rings. The predicted molar refractivity (Wildman–Crippen MR) is 141 cm³/mol. The molecule has 0 aliphatic heterocycles. The van der Waals surface area contributed by atoms with E-state index in [4.69, 9.17) is 19.0 Å². The van der Waals surface area contributed by atoms with Crippen LogP contribution in [0.5, 0.6) is 11.5 Å². The summed E-state index contributed by atoms with van der Waals surface area (Å²) in [6.07, 6.45) is 1.68. The molecule has 0 aliphatic rings. The Morgan fingerprint density at radius 1 is 0.686 bits per heavy atom. The highest BCUT2D eigenvalue weighted by Crippen LogP contribution is 2.27. The standard InChI is InChI=1S/C30H37NO4/c1-23(2)31-35-22-28(17-26-13-9-15-30(19-26)33-4)27(16-25-12-8-14-29(18-25)32-3)21-34-20-24-10-6-5-7-11-24/h5-15,18-19,27-28H,16-17,20-22H2,1-4H3/t27-,28-/m0/s1. The molecule has 0 bridgehead atoms. The van der Waals surface area contributed by atoms with Gasteiger partial charge in [-0.05, 0) is 73.6 Å². The Morgan fingerprint density at radius 2 is 1.23 bits per heavy atom. The van der Waals surface area contributed by atoms with Crippen LogP contribution in [0.25, 0.3) is 0 Å². The van der Waals surface area contributed by atoms with Crippen LogP contribution >= 0.6 is 0 Å². The van der Waals surface area contributed by atoms with Crippen LogP contribution in [0.2, 0.25) is 0 Å². The predicted octanol–water partition coefficient (Wildman–Crippen LogP) is 6.35. The number of rotatable bonds is 14. The number of methoxy groups -OCH3 is 2. The van der Waals surface area contributed by atoms with Crippen molar-refractivity contribution in [3.63, 3.8) is 0 Å². The molecule has 0 amide bonds. The minimum absolute atomic E-state index is 0.187. The van der Waals surface area contributed by atoms with Gasteiger partial charge in [-0.1, -0.05) is 59.8 Å². The normalized spacial score (nSPS) is 12.5. The topological polar surface area (TPSA) is 49.3 Å². The van der Waals surface area contributed by atoms with Crippen LogP contribution in [0.3, 0.4) is 0 Å². The molecule has 5 nitrogen and oxygen atoms in total. The first-order valence-corrected chi connectivity index (χ1v) is 12.1. The van der Waals surface area contributed by atoms with E-state index in [9.17, 15) is 0 Å². The van der Waals surface area contributed by atoms with Gasteiger partial charge in [-0.2, -0.15) is 0 Å². The van der Waals surface area contributed by atoms with Crippen molar-refractivity contribution in [2.75, 3.05) is 27.4 Å². The summed E-state index contributed by atoms with van der Waals surface area (Å²) >= 11 is 0. The van der Waals surface area contributed by atoms with Crippen molar-refractivity contribution in [1.29, 1.82) is 0 Å². The minimum atomic E-state index is 0.187. The van der Waals surface area contributed by atoms with E-state index in [0.29, 0.717) is 19.8 Å². The van der Waals surface area contributed by atoms with Crippen LogP contribution < -0.4 is 9.47 Å². The van der Waals surface area contributed by atoms with Crippen LogP contribution in [-0.4, -0.2) is 33.1 Å². The van der Waals surface area contributed by atoms with Gasteiger partial charge in [-0.25, -0.2) is 0 Å². The highest BCUT2D eigenvalue weighted by Gasteiger charge is 2.24. The maximum absolute atomic E-state index is 6.25. The van der Waals surface area contributed by atoms with E-state index in [1.807, 2.05) is 56.3 Å². The lowest BCUT2D eigenvalue weighted by molar-refractivity contribution is 0.0280. The van der Waals surface area contributed by atoms with Gasteiger partial charge < -0.3 is 19.0 Å². The molecule has 0 aromatic heterocycles. The van der Waals surface area contributed by atoms with E-state index < -0.39 is 0 Å². The lowest BCUT2D eigenvalue weighted by Gasteiger charge is -2.27. The molecule has 35 heavy (non-hydrogen) atoms. The molecule has 3 aromatic rings. The summed E-state index contributed by atoms with van der Waals surface area (Å²) in [5.41, 5.74) is 4.48. The Morgan fingerprint density at radius 3 is 1.77 bits per heavy atom. The quantitative estimate of drug-likeness (QED) is 0.201. The summed E-state index contributed by atoms with van der Waals surface area (Å²) in [5.74, 6) is 2.11. The first kappa shape index (κ1) is 26.3. The molecule has 3 aromatic carbocycles. The van der Waals surface area contributed by atoms with Gasteiger partial charge in [0.15, 0.2) is 0 Å². The first-order valence-electron chi connectivity index (χ1n) is 12.1. The van der Waals surface area contributed by atoms with Crippen LogP contribution in [0.4, 0.5) is 0 Å². The summed E-state index contributed by atoms with van der Waals surface area (Å²) in [5, 5.41) is 4.22. The number of nitrogens with zero attached hydrogens (tertiary/aromatic N) is 1. The third-order valence-electron chi connectivity index (χ3n) is 5.91. The van der Waals surface area contributed by atoms with Crippen molar-refractivity contribution in [1.82, 2.24) is 0 Å². The van der Waals surface area contributed by atoms with Crippen molar-refractivity contribution in [2.24, 2.45) is 17.0 Å². The highest BCUT2D eigenvalue weighted by atomic mass is 16.6. The third kappa shape index (κ3) is 9.10. The van der Waals surface area contributed by atoms with Gasteiger partial charge in [-0.3, -0.25) is 0 Å². The summed E-state index contributed by atoms with van der Waals surface area (Å²) in [6, 6.07) is 26.8. The van der Waals surface area contributed by atoms with Crippen molar-refractivity contribution in [2.45, 2.75) is 33.3 Å². The second-order valence-electron chi connectivity index (χ2n) is 8.97. The molecule has 0 N–H and O–H groups in total. The molecule has 0 radical (unpaired) electrons. The molecular formula is C30H37NO4. The molecule has 2 atom stereocenters. The zero-order valence-electron chi connectivity index (χ0n) is 21.3. The average molecular weight is 476 g/mol. The molecule has 3 rings (SSSR count). The number of oxime groups is 1. The summed E-state index contributed by atoms with van der Waals surface area (Å²) in [7, 11) is 3.39. The molecule has 0 heterocycles. The van der Waals surface area contributed by atoms with Crippen molar-refractivity contribution < 1.29 is 19.0 Å². The molecule has 5 heteroatoms. The molecule has 0 aliphatic carbocycles. The zero-order valence-corrected chi connectivity index (χ0v) is 21.3. The number of ether oxygens (including phenoxy) is 3. The number of benzene rings is 3. The molecular weight excluding hydrogens is 438 g/mol. The lowest BCUT2D eigenvalue weighted by atomic mass is 9.83. The highest BCUT2D eigenvalue weighted by molar-refractivity contribution is 5.78. The second kappa shape index (κ2) is 14.2. The fourth-order valence-corrected chi connectivity index (χ4v) is 4.09. The fourth-order valence-electron chi connectivity index (χ4n) is 4.09. The van der Waals surface area contributed by atoms with Crippen molar-refractivity contribution >= 4 is 5.71 Å². The van der Waals surface area contributed by atoms with E-state index in [1.54, 1.807) is 14.2 Å². The summed E-state index contributed by atoms with van der Waals surface area (Å²) in [4.78, 5) is 5.79. The van der Waals surface area contributed by atoms with Crippen LogP contribution in [0.15, 0.2) is 84.0 Å². The van der Waals surface area contributed by atoms with Gasteiger partial charge >= 0.3 is 0 Å². The van der Waals surface area contributed by atoms with Crippen LogP contribution in [0, 0.1) is 11.8 Å². The SMILES string of the molecule is COc1cccc(C[C@@H](COCc2ccccc2)[C@H](CON=C(C)C)Cc2cccc(OC)c2)c1. The number of hydrogen-bond acceptors (Lipinski definition) is 5. The van der Waals surface area contributed by atoms with Gasteiger partial charge in [0.25, 0.3) is 0 Å². The lowest BCUT2D eigenvalue weighted by Crippen LogP contribution is -2.28. The van der Waals surface area contributed by atoms with E-state index in [1.165, 1.54) is 16.7 Å². The van der Waals surface area contributed by atoms with Crippen molar-refractivity contribution in [3.05, 3.63) is 95.6 Å². The van der Waals surface area contributed by atoms with Gasteiger partial charge in [0.1, 0.15) is 18.1 Å². The first-order chi connectivity index (χ1) is 17.1. The Kier molecular flexibility index (Phi) is 10.6. The van der Waals surface area contributed by atoms with Gasteiger partial charge in [0, 0.05) is 5.92 Å². The third-order valence-corrected chi connectivity index (χ3v) is 5.91. The van der Waals surface area contributed by atoms with Gasteiger partial charge in [0.2, 0.25) is 0 Å². The summed E-state index contributed by atoms with van der Waals surface area (Å²) < 4.78 is 17.2. The smallest absolute Gasteiger partial charge is 0.120 e. The zero-order chi connectivity index (χ0) is 24.9. The Balaban J connectivity index is 1.82. The van der Waals surface area contributed by atoms with Crippen LogP contribution in [0.1, 0.15) is 30.5 Å². The van der Waals surface area contributed by atoms with Crippen molar-refractivity contribution in [3.8, 4) is 11.5 Å². The summed E-state index contributed by atoms with van der Waals surface area (Å²) in [6.45, 7) is 5.57. The second-order valence-corrected chi connectivity index (χ2v) is 8.97. The van der Waals surface area contributed by atoms with E-state index in [-0.39, 0.29) is 11.8 Å². The van der Waals surface area contributed by atoms with Gasteiger partial charge in [-0.15, -0.1) is 0 Å². The monoisotopic (exact) mass is 475 g/mol. The van der Waals surface area contributed by atoms with E-state index >= 15 is 0 Å². The maximum atomic E-state index is 6.25. The largest absolute Gasteiger partial charge is 0.497 e. The molecule has 0 spiro atoms. The van der Waals surface area contributed by atoms with Crippen LogP contribution in [-0.2, 0) is 29.0 Å². The van der Waals surface area contributed by atoms with E-state index in [0.717, 1.165) is 30.1 Å². The molecule has 0 saturated heterocycles. The molecule has 0 unspecified atom stereocenters. The number of hydrogen-bond donors (Lipinski definition) is 0. The maximum Gasteiger partial charge on any atom is 0.120 e. The Hall–Kier alpha value is -3.31. The molecule has 186 valence electrons. The Bertz CT molecular complexity index is 1050. The van der Waals surface area contributed by atoms with E-state index in [2.05, 4.69) is 41.6 Å². The molecule has 0 saturated carbocycles. The average Bonchev–Trinajstić information content (AvgIpc) is 2.88. The van der Waals surface area contributed by atoms with Gasteiger partial charge in [0.05, 0.1) is 33.1 Å². The fraction of sp³-hybridized carbons (Fsp3) is 0.367.